The average Bonchev–Trinajstić information content (AvgIpc) is 3.43. The van der Waals surface area contributed by atoms with Gasteiger partial charge in [-0.15, -0.1) is 0 Å². The van der Waals surface area contributed by atoms with Crippen molar-refractivity contribution in [2.75, 3.05) is 4.90 Å². The fourth-order valence-electron chi connectivity index (χ4n) is 4.38. The van der Waals surface area contributed by atoms with Crippen LogP contribution in [-0.2, 0) is 4.79 Å². The van der Waals surface area contributed by atoms with Gasteiger partial charge in [0.2, 0.25) is 0 Å². The number of nitrogens with one attached hydrogen (secondary N) is 1. The number of phenols is 1. The molecule has 1 amide bonds. The predicted molar refractivity (Wildman–Crippen MR) is 125 cm³/mol. The number of imidazole rings is 1. The third-order valence-electron chi connectivity index (χ3n) is 5.95. The van der Waals surface area contributed by atoms with E-state index in [9.17, 15) is 14.7 Å². The van der Waals surface area contributed by atoms with Crippen LogP contribution in [0.2, 0.25) is 0 Å². The Hall–Kier alpha value is -4.65. The molecule has 7 heteroatoms. The minimum absolute atomic E-state index is 0.118. The van der Waals surface area contributed by atoms with E-state index in [1.807, 2.05) is 18.2 Å². The summed E-state index contributed by atoms with van der Waals surface area (Å²) in [4.78, 5) is 35.7. The van der Waals surface area contributed by atoms with E-state index < -0.39 is 6.04 Å². The molecule has 0 saturated heterocycles. The Bertz CT molecular complexity index is 1630. The van der Waals surface area contributed by atoms with Gasteiger partial charge < -0.3 is 14.5 Å². The van der Waals surface area contributed by atoms with E-state index in [4.69, 9.17) is 4.42 Å². The smallest absolute Gasteiger partial charge is 0.252 e. The lowest BCUT2D eigenvalue weighted by Crippen LogP contribution is -2.32. The lowest BCUT2D eigenvalue weighted by molar-refractivity contribution is -0.113. The van der Waals surface area contributed by atoms with Gasteiger partial charge in [-0.3, -0.25) is 14.5 Å². The molecule has 0 spiro atoms. The summed E-state index contributed by atoms with van der Waals surface area (Å²) in [5, 5.41) is 10.2. The number of aromatic nitrogens is 2. The fraction of sp³-hybridized carbons (Fsp3) is 0.0385. The highest BCUT2D eigenvalue weighted by molar-refractivity contribution is 6.14. The molecule has 3 aromatic carbocycles. The standard InChI is InChI=1S/C26H17N3O4/c30-17-8-5-15(6-9-17)19-12-24(31)29(16-7-10-21-22(11-16)28-14-27-21)25(19)20-13-33-23-4-2-1-3-18(23)26(20)32/h1-14,25,30H,(H,27,28). The van der Waals surface area contributed by atoms with E-state index in [0.717, 1.165) is 16.6 Å². The van der Waals surface area contributed by atoms with Gasteiger partial charge in [-0.25, -0.2) is 4.98 Å². The Morgan fingerprint density at radius 1 is 1.00 bits per heavy atom. The average molecular weight is 435 g/mol. The number of nitrogens with zero attached hydrogens (tertiary/aromatic N) is 2. The number of anilines is 1. The molecule has 1 aliphatic rings. The van der Waals surface area contributed by atoms with Crippen molar-refractivity contribution in [1.82, 2.24) is 9.97 Å². The van der Waals surface area contributed by atoms with Crippen LogP contribution in [0.4, 0.5) is 5.69 Å². The number of hydrogen-bond acceptors (Lipinski definition) is 5. The first-order valence-electron chi connectivity index (χ1n) is 10.4. The van der Waals surface area contributed by atoms with Crippen molar-refractivity contribution in [3.8, 4) is 5.75 Å². The minimum Gasteiger partial charge on any atom is -0.508 e. The molecule has 5 aromatic rings. The van der Waals surface area contributed by atoms with Gasteiger partial charge in [-0.1, -0.05) is 24.3 Å². The number of phenolic OH excluding ortho intramolecular Hbond substituents is 1. The van der Waals surface area contributed by atoms with Crippen LogP contribution in [0.5, 0.6) is 5.75 Å². The highest BCUT2D eigenvalue weighted by atomic mass is 16.3. The highest BCUT2D eigenvalue weighted by Gasteiger charge is 2.38. The molecule has 1 aliphatic heterocycles. The first-order valence-corrected chi connectivity index (χ1v) is 10.4. The maximum Gasteiger partial charge on any atom is 0.252 e. The normalized spacial score (nSPS) is 16.0. The van der Waals surface area contributed by atoms with E-state index in [1.165, 1.54) is 12.3 Å². The van der Waals surface area contributed by atoms with Gasteiger partial charge in [-0.2, -0.15) is 0 Å². The van der Waals surface area contributed by atoms with Crippen LogP contribution in [-0.4, -0.2) is 21.0 Å². The molecular weight excluding hydrogens is 418 g/mol. The lowest BCUT2D eigenvalue weighted by atomic mass is 9.94. The summed E-state index contributed by atoms with van der Waals surface area (Å²) in [5.74, 6) is -0.138. The fourth-order valence-corrected chi connectivity index (χ4v) is 4.38. The van der Waals surface area contributed by atoms with Crippen LogP contribution >= 0.6 is 0 Å². The van der Waals surface area contributed by atoms with Crippen molar-refractivity contribution in [2.24, 2.45) is 0 Å². The molecule has 2 aromatic heterocycles. The lowest BCUT2D eigenvalue weighted by Gasteiger charge is -2.27. The number of hydrogen-bond donors (Lipinski definition) is 2. The van der Waals surface area contributed by atoms with Gasteiger partial charge in [0.05, 0.1) is 34.4 Å². The quantitative estimate of drug-likeness (QED) is 0.433. The zero-order chi connectivity index (χ0) is 22.5. The van der Waals surface area contributed by atoms with Crippen molar-refractivity contribution < 1.29 is 14.3 Å². The number of para-hydroxylation sites is 1. The van der Waals surface area contributed by atoms with Gasteiger partial charge in [0.1, 0.15) is 17.6 Å². The third kappa shape index (κ3) is 3.02. The Labute approximate surface area is 187 Å². The molecule has 0 saturated carbocycles. The van der Waals surface area contributed by atoms with Crippen LogP contribution in [0.25, 0.3) is 27.6 Å². The molecule has 0 aliphatic carbocycles. The number of aromatic hydroxyl groups is 1. The Balaban J connectivity index is 1.58. The van der Waals surface area contributed by atoms with Crippen LogP contribution in [0.3, 0.4) is 0 Å². The topological polar surface area (TPSA) is 99.4 Å². The van der Waals surface area contributed by atoms with Gasteiger partial charge in [0.25, 0.3) is 5.91 Å². The van der Waals surface area contributed by atoms with Crippen molar-refractivity contribution in [2.45, 2.75) is 6.04 Å². The molecule has 0 radical (unpaired) electrons. The molecular formula is C26H17N3O4. The Morgan fingerprint density at radius 2 is 1.82 bits per heavy atom. The van der Waals surface area contributed by atoms with E-state index in [1.54, 1.807) is 59.8 Å². The molecule has 7 nitrogen and oxygen atoms in total. The number of fused-ring (bicyclic) bond motifs is 2. The monoisotopic (exact) mass is 435 g/mol. The molecule has 0 bridgehead atoms. The summed E-state index contributed by atoms with van der Waals surface area (Å²) in [6.45, 7) is 0. The number of aromatic amines is 1. The largest absolute Gasteiger partial charge is 0.508 e. The number of H-pyrrole nitrogens is 1. The summed E-state index contributed by atoms with van der Waals surface area (Å²) in [6, 6.07) is 18.4. The molecule has 1 atom stereocenters. The molecule has 160 valence electrons. The Morgan fingerprint density at radius 3 is 2.67 bits per heavy atom. The number of amides is 1. The summed E-state index contributed by atoms with van der Waals surface area (Å²) in [6.07, 6.45) is 4.56. The summed E-state index contributed by atoms with van der Waals surface area (Å²) in [5.41, 5.74) is 4.19. The second-order valence-electron chi connectivity index (χ2n) is 7.88. The van der Waals surface area contributed by atoms with Crippen molar-refractivity contribution in [3.05, 3.63) is 107 Å². The third-order valence-corrected chi connectivity index (χ3v) is 5.95. The van der Waals surface area contributed by atoms with Crippen LogP contribution in [0, 0.1) is 0 Å². The van der Waals surface area contributed by atoms with E-state index in [-0.39, 0.29) is 17.1 Å². The molecule has 33 heavy (non-hydrogen) atoms. The van der Waals surface area contributed by atoms with Crippen molar-refractivity contribution in [1.29, 1.82) is 0 Å². The van der Waals surface area contributed by atoms with Gasteiger partial charge in [-0.05, 0) is 53.6 Å². The predicted octanol–water partition coefficient (Wildman–Crippen LogP) is 4.55. The van der Waals surface area contributed by atoms with Crippen molar-refractivity contribution >= 4 is 39.2 Å². The Kier molecular flexibility index (Phi) is 4.16. The number of rotatable bonds is 3. The van der Waals surface area contributed by atoms with Gasteiger partial charge in [0.15, 0.2) is 5.43 Å². The zero-order valence-corrected chi connectivity index (χ0v) is 17.2. The van der Waals surface area contributed by atoms with Gasteiger partial charge >= 0.3 is 0 Å². The number of carbonyl (C=O) groups is 1. The highest BCUT2D eigenvalue weighted by Crippen LogP contribution is 2.42. The van der Waals surface area contributed by atoms with E-state index in [2.05, 4.69) is 9.97 Å². The zero-order valence-electron chi connectivity index (χ0n) is 17.2. The molecule has 0 fully saturated rings. The van der Waals surface area contributed by atoms with E-state index in [0.29, 0.717) is 27.8 Å². The first-order chi connectivity index (χ1) is 16.1. The first kappa shape index (κ1) is 19.1. The minimum atomic E-state index is -0.705. The number of carbonyl (C=O) groups excluding carboxylic acids is 1. The molecule has 3 heterocycles. The molecule has 1 unspecified atom stereocenters. The summed E-state index contributed by atoms with van der Waals surface area (Å²) >= 11 is 0. The SMILES string of the molecule is O=C1C=C(c2ccc(O)cc2)C(c2coc3ccccc3c2=O)N1c1ccc2nc[nH]c2c1. The summed E-state index contributed by atoms with van der Waals surface area (Å²) in [7, 11) is 0. The van der Waals surface area contributed by atoms with Crippen LogP contribution in [0.15, 0.2) is 94.6 Å². The number of benzene rings is 3. The maximum atomic E-state index is 13.5. The van der Waals surface area contributed by atoms with E-state index >= 15 is 0 Å². The van der Waals surface area contributed by atoms with Crippen LogP contribution in [0.1, 0.15) is 17.2 Å². The van der Waals surface area contributed by atoms with Crippen LogP contribution < -0.4 is 10.3 Å². The molecule has 6 rings (SSSR count). The molecule has 2 N–H and O–H groups in total. The second kappa shape index (κ2) is 7.20. The summed E-state index contributed by atoms with van der Waals surface area (Å²) < 4.78 is 5.80. The second-order valence-corrected chi connectivity index (χ2v) is 7.88. The van der Waals surface area contributed by atoms with Crippen molar-refractivity contribution in [3.63, 3.8) is 0 Å². The maximum absolute atomic E-state index is 13.5. The van der Waals surface area contributed by atoms with Gasteiger partial charge in [0, 0.05) is 11.8 Å².